The minimum Gasteiger partial charge on any atom is -0.394 e. The van der Waals surface area contributed by atoms with Gasteiger partial charge in [-0.25, -0.2) is 13.8 Å². The van der Waals surface area contributed by atoms with Gasteiger partial charge in [-0.1, -0.05) is 6.07 Å². The topological polar surface area (TPSA) is 74.2 Å². The van der Waals surface area contributed by atoms with Crippen LogP contribution in [0.3, 0.4) is 0 Å². The van der Waals surface area contributed by atoms with Crippen molar-refractivity contribution in [3.05, 3.63) is 59.3 Å². The van der Waals surface area contributed by atoms with Gasteiger partial charge in [0.2, 0.25) is 0 Å². The van der Waals surface area contributed by atoms with Crippen molar-refractivity contribution in [2.45, 2.75) is 6.04 Å². The maximum absolute atomic E-state index is 13.7. The van der Waals surface area contributed by atoms with Crippen LogP contribution in [0, 0.1) is 11.6 Å². The van der Waals surface area contributed by atoms with E-state index in [-0.39, 0.29) is 11.1 Å². The summed E-state index contributed by atoms with van der Waals surface area (Å²) in [7, 11) is 1.69. The number of hydrogen-bond donors (Lipinski definition) is 3. The summed E-state index contributed by atoms with van der Waals surface area (Å²) in [4.78, 5) is 16.1. The van der Waals surface area contributed by atoms with Crippen LogP contribution in [0.25, 0.3) is 0 Å². The number of carbonyl (C=O) groups is 1. The quantitative estimate of drug-likeness (QED) is 0.788. The average Bonchev–Trinajstić information content (AvgIpc) is 2.53. The van der Waals surface area contributed by atoms with Gasteiger partial charge in [0.05, 0.1) is 18.2 Å². The molecule has 0 saturated heterocycles. The molecular formula is C15H15F2N3O2. The predicted molar refractivity (Wildman–Crippen MR) is 77.4 cm³/mol. The molecule has 0 spiro atoms. The Morgan fingerprint density at radius 1 is 1.27 bits per heavy atom. The van der Waals surface area contributed by atoms with E-state index in [2.05, 4.69) is 15.6 Å². The highest BCUT2D eigenvalue weighted by Gasteiger charge is 2.22. The average molecular weight is 307 g/mol. The number of anilines is 1. The number of aromatic nitrogens is 1. The highest BCUT2D eigenvalue weighted by Crippen LogP contribution is 2.21. The lowest BCUT2D eigenvalue weighted by Crippen LogP contribution is -2.32. The number of aliphatic hydroxyl groups is 1. The molecule has 22 heavy (non-hydrogen) atoms. The van der Waals surface area contributed by atoms with Crippen LogP contribution in [0.1, 0.15) is 22.0 Å². The van der Waals surface area contributed by atoms with Crippen LogP contribution in [0.15, 0.2) is 36.5 Å². The fraction of sp³-hybridized carbons (Fsp3) is 0.200. The summed E-state index contributed by atoms with van der Waals surface area (Å²) < 4.78 is 27.4. The second-order valence-corrected chi connectivity index (χ2v) is 4.53. The van der Waals surface area contributed by atoms with E-state index in [0.717, 1.165) is 12.1 Å². The van der Waals surface area contributed by atoms with Gasteiger partial charge in [0.15, 0.2) is 0 Å². The predicted octanol–water partition coefficient (Wildman–Crippen LogP) is 1.86. The number of aliphatic hydroxyl groups excluding tert-OH is 1. The van der Waals surface area contributed by atoms with Gasteiger partial charge < -0.3 is 15.7 Å². The monoisotopic (exact) mass is 307 g/mol. The molecular weight excluding hydrogens is 292 g/mol. The van der Waals surface area contributed by atoms with Crippen LogP contribution in [0.5, 0.6) is 0 Å². The number of benzene rings is 1. The molecule has 0 aliphatic heterocycles. The molecule has 1 heterocycles. The Bertz CT molecular complexity index is 642. The first kappa shape index (κ1) is 15.8. The van der Waals surface area contributed by atoms with Crippen LogP contribution in [-0.2, 0) is 0 Å². The minimum absolute atomic E-state index is 0.217. The van der Waals surface area contributed by atoms with E-state index in [1.165, 1.54) is 18.3 Å². The summed E-state index contributed by atoms with van der Waals surface area (Å²) in [6.45, 7) is -0.633. The van der Waals surface area contributed by atoms with Crippen LogP contribution in [0.2, 0.25) is 0 Å². The lowest BCUT2D eigenvalue weighted by Gasteiger charge is -2.18. The molecule has 3 N–H and O–H groups in total. The number of nitrogens with zero attached hydrogens (tertiary/aromatic N) is 1. The third-order valence-electron chi connectivity index (χ3n) is 3.12. The molecule has 0 unspecified atom stereocenters. The van der Waals surface area contributed by atoms with E-state index in [4.69, 9.17) is 0 Å². The van der Waals surface area contributed by atoms with Crippen molar-refractivity contribution in [3.8, 4) is 0 Å². The first-order valence-electron chi connectivity index (χ1n) is 6.56. The van der Waals surface area contributed by atoms with Gasteiger partial charge in [-0.3, -0.25) is 4.79 Å². The number of amides is 1. The molecule has 0 aliphatic carbocycles. The fourth-order valence-corrected chi connectivity index (χ4v) is 1.97. The lowest BCUT2D eigenvalue weighted by molar-refractivity contribution is 0.0913. The van der Waals surface area contributed by atoms with Crippen LogP contribution < -0.4 is 10.6 Å². The second-order valence-electron chi connectivity index (χ2n) is 4.53. The smallest absolute Gasteiger partial charge is 0.253 e. The van der Waals surface area contributed by atoms with Gasteiger partial charge in [-0.2, -0.15) is 0 Å². The Labute approximate surface area is 126 Å². The molecule has 0 aliphatic rings. The van der Waals surface area contributed by atoms with Gasteiger partial charge >= 0.3 is 0 Å². The summed E-state index contributed by atoms with van der Waals surface area (Å²) in [6.07, 6.45) is 1.33. The van der Waals surface area contributed by atoms with E-state index >= 15 is 0 Å². The Morgan fingerprint density at radius 3 is 2.45 bits per heavy atom. The lowest BCUT2D eigenvalue weighted by atomic mass is 10.1. The summed E-state index contributed by atoms with van der Waals surface area (Å²) in [5.74, 6) is -1.67. The van der Waals surface area contributed by atoms with Gasteiger partial charge in [0.25, 0.3) is 5.91 Å². The molecule has 116 valence electrons. The number of pyridine rings is 1. The summed E-state index contributed by atoms with van der Waals surface area (Å²) in [5, 5.41) is 14.5. The molecule has 1 atom stereocenters. The van der Waals surface area contributed by atoms with Gasteiger partial charge in [0, 0.05) is 18.8 Å². The largest absolute Gasteiger partial charge is 0.394 e. The molecule has 1 amide bonds. The minimum atomic E-state index is -1.18. The number of halogens is 2. The molecule has 0 saturated carbocycles. The number of rotatable bonds is 5. The van der Waals surface area contributed by atoms with Crippen LogP contribution in [-0.4, -0.2) is 29.7 Å². The fourth-order valence-electron chi connectivity index (χ4n) is 1.97. The first-order valence-corrected chi connectivity index (χ1v) is 6.56. The number of carbonyl (C=O) groups excluding carboxylic acids is 1. The molecule has 0 bridgehead atoms. The molecule has 7 heteroatoms. The molecule has 0 radical (unpaired) electrons. The summed E-state index contributed by atoms with van der Waals surface area (Å²) in [6, 6.07) is 5.27. The molecule has 0 fully saturated rings. The molecule has 5 nitrogen and oxygen atoms in total. The number of nitrogens with one attached hydrogen (secondary N) is 2. The third-order valence-corrected chi connectivity index (χ3v) is 3.12. The highest BCUT2D eigenvalue weighted by atomic mass is 19.1. The second kappa shape index (κ2) is 6.95. The maximum atomic E-state index is 13.7. The summed E-state index contributed by atoms with van der Waals surface area (Å²) in [5.41, 5.74) is -0.160. The zero-order valence-corrected chi connectivity index (χ0v) is 11.8. The van der Waals surface area contributed by atoms with E-state index in [1.54, 1.807) is 13.1 Å². The van der Waals surface area contributed by atoms with Crippen molar-refractivity contribution in [2.24, 2.45) is 0 Å². The molecule has 1 aromatic carbocycles. The zero-order chi connectivity index (χ0) is 16.1. The van der Waals surface area contributed by atoms with E-state index in [9.17, 15) is 18.7 Å². The molecule has 2 rings (SSSR count). The normalized spacial score (nSPS) is 11.8. The zero-order valence-electron chi connectivity index (χ0n) is 11.8. The molecule has 1 aromatic heterocycles. The summed E-state index contributed by atoms with van der Waals surface area (Å²) >= 11 is 0. The number of hydrogen-bond acceptors (Lipinski definition) is 4. The third kappa shape index (κ3) is 3.37. The molecule has 2 aromatic rings. The Kier molecular flexibility index (Phi) is 5.00. The maximum Gasteiger partial charge on any atom is 0.253 e. The van der Waals surface area contributed by atoms with E-state index in [0.29, 0.717) is 5.82 Å². The van der Waals surface area contributed by atoms with Crippen LogP contribution in [0.4, 0.5) is 14.6 Å². The van der Waals surface area contributed by atoms with Crippen molar-refractivity contribution in [1.29, 1.82) is 0 Å². The van der Waals surface area contributed by atoms with Gasteiger partial charge in [-0.15, -0.1) is 0 Å². The Hall–Kier alpha value is -2.54. The van der Waals surface area contributed by atoms with Crippen molar-refractivity contribution < 1.29 is 18.7 Å². The standard InChI is InChI=1S/C15H15F2N3O2/c1-18-13-6-5-9(7-19-13)15(22)20-12(8-21)14-10(16)3-2-4-11(14)17/h2-7,12,21H,8H2,1H3,(H,18,19)(H,20,22)/t12-/m1/s1. The van der Waals surface area contributed by atoms with Gasteiger partial charge in [-0.05, 0) is 24.3 Å². The van der Waals surface area contributed by atoms with Crippen molar-refractivity contribution in [1.82, 2.24) is 10.3 Å². The van der Waals surface area contributed by atoms with E-state index in [1.807, 2.05) is 0 Å². The van der Waals surface area contributed by atoms with Crippen LogP contribution >= 0.6 is 0 Å². The Balaban J connectivity index is 2.20. The van der Waals surface area contributed by atoms with Gasteiger partial charge in [0.1, 0.15) is 17.5 Å². The highest BCUT2D eigenvalue weighted by molar-refractivity contribution is 5.94. The van der Waals surface area contributed by atoms with Crippen molar-refractivity contribution >= 4 is 11.7 Å². The van der Waals surface area contributed by atoms with Crippen molar-refractivity contribution in [3.63, 3.8) is 0 Å². The van der Waals surface area contributed by atoms with Crippen molar-refractivity contribution in [2.75, 3.05) is 19.0 Å². The van der Waals surface area contributed by atoms with E-state index < -0.39 is 30.2 Å². The SMILES string of the molecule is CNc1ccc(C(=O)N[C@H](CO)c2c(F)cccc2F)cn1. The Morgan fingerprint density at radius 2 is 1.95 bits per heavy atom. The first-order chi connectivity index (χ1) is 10.6.